The first-order valence-electron chi connectivity index (χ1n) is 5.53. The lowest BCUT2D eigenvalue weighted by atomic mass is 10.1. The first kappa shape index (κ1) is 11.4. The van der Waals surface area contributed by atoms with E-state index >= 15 is 0 Å². The van der Waals surface area contributed by atoms with Crippen LogP contribution >= 0.6 is 0 Å². The Balaban J connectivity index is 2.16. The number of carbonyl (C=O) groups is 2. The van der Waals surface area contributed by atoms with Crippen LogP contribution in [0.3, 0.4) is 0 Å². The summed E-state index contributed by atoms with van der Waals surface area (Å²) in [7, 11) is 0. The molecule has 0 bridgehead atoms. The third-order valence-electron chi connectivity index (χ3n) is 2.46. The van der Waals surface area contributed by atoms with Gasteiger partial charge in [-0.25, -0.2) is 4.79 Å². The number of rotatable bonds is 3. The number of hydrogen-bond donors (Lipinski definition) is 1. The van der Waals surface area contributed by atoms with Crippen LogP contribution in [0.1, 0.15) is 24.5 Å². The summed E-state index contributed by atoms with van der Waals surface area (Å²) in [5.41, 5.74) is 2.09. The molecule has 0 unspecified atom stereocenters. The maximum absolute atomic E-state index is 11.2. The van der Waals surface area contributed by atoms with E-state index in [-0.39, 0.29) is 5.76 Å². The summed E-state index contributed by atoms with van der Waals surface area (Å²) >= 11 is 0. The number of benzene rings is 1. The van der Waals surface area contributed by atoms with Gasteiger partial charge in [0.05, 0.1) is 0 Å². The second-order valence-electron chi connectivity index (χ2n) is 3.84. The molecular weight excluding hydrogens is 218 g/mol. The first-order valence-corrected chi connectivity index (χ1v) is 5.53. The molecule has 2 rings (SSSR count). The van der Waals surface area contributed by atoms with E-state index in [0.717, 1.165) is 18.4 Å². The van der Waals surface area contributed by atoms with Crippen molar-refractivity contribution in [1.29, 1.82) is 0 Å². The maximum Gasteiger partial charge on any atom is 0.419 e. The number of imide groups is 1. The van der Waals surface area contributed by atoms with Crippen LogP contribution in [0.15, 0.2) is 30.0 Å². The van der Waals surface area contributed by atoms with E-state index in [1.165, 1.54) is 5.56 Å². The molecule has 0 saturated carbocycles. The molecule has 1 fully saturated rings. The molecule has 0 aliphatic carbocycles. The van der Waals surface area contributed by atoms with Gasteiger partial charge in [0.25, 0.3) is 5.91 Å². The fourth-order valence-electron chi connectivity index (χ4n) is 1.64. The van der Waals surface area contributed by atoms with Crippen LogP contribution in [-0.2, 0) is 16.0 Å². The molecule has 4 heteroatoms. The van der Waals surface area contributed by atoms with Crippen molar-refractivity contribution < 1.29 is 14.3 Å². The summed E-state index contributed by atoms with van der Waals surface area (Å²) < 4.78 is 4.72. The largest absolute Gasteiger partial charge is 0.419 e. The molecule has 17 heavy (non-hydrogen) atoms. The van der Waals surface area contributed by atoms with Gasteiger partial charge < -0.3 is 4.74 Å². The average molecular weight is 231 g/mol. The molecule has 0 radical (unpaired) electrons. The molecule has 1 aliphatic heterocycles. The van der Waals surface area contributed by atoms with Crippen molar-refractivity contribution in [3.8, 4) is 0 Å². The van der Waals surface area contributed by atoms with Gasteiger partial charge in [0.15, 0.2) is 5.76 Å². The Hall–Kier alpha value is -2.10. The minimum Gasteiger partial charge on any atom is -0.404 e. The highest BCUT2D eigenvalue weighted by molar-refractivity contribution is 6.09. The minimum absolute atomic E-state index is 0.0400. The quantitative estimate of drug-likeness (QED) is 0.812. The Bertz CT molecular complexity index is 474. The highest BCUT2D eigenvalue weighted by Crippen LogP contribution is 2.14. The molecule has 0 spiro atoms. The third-order valence-corrected chi connectivity index (χ3v) is 2.46. The average Bonchev–Trinajstić information content (AvgIpc) is 2.61. The van der Waals surface area contributed by atoms with Gasteiger partial charge in [-0.3, -0.25) is 10.1 Å². The molecule has 2 amide bonds. The van der Waals surface area contributed by atoms with Gasteiger partial charge in [-0.2, -0.15) is 0 Å². The standard InChI is InChI=1S/C13H13NO3/c1-2-3-9-4-6-10(7-5-9)8-11-12(15)14-13(16)17-11/h4-8H,2-3H2,1H3,(H,14,15,16). The fourth-order valence-corrected chi connectivity index (χ4v) is 1.64. The number of amides is 2. The number of carbonyl (C=O) groups excluding carboxylic acids is 2. The molecule has 4 nitrogen and oxygen atoms in total. The molecule has 1 aromatic rings. The molecule has 1 aromatic carbocycles. The van der Waals surface area contributed by atoms with Crippen molar-refractivity contribution in [1.82, 2.24) is 5.32 Å². The van der Waals surface area contributed by atoms with E-state index in [4.69, 9.17) is 4.74 Å². The number of alkyl carbamates (subject to hydrolysis) is 1. The lowest BCUT2D eigenvalue weighted by Gasteiger charge is -1.99. The van der Waals surface area contributed by atoms with Crippen LogP contribution in [-0.4, -0.2) is 12.0 Å². The highest BCUT2D eigenvalue weighted by atomic mass is 16.6. The smallest absolute Gasteiger partial charge is 0.404 e. The van der Waals surface area contributed by atoms with Crippen LogP contribution in [0.25, 0.3) is 6.08 Å². The van der Waals surface area contributed by atoms with Crippen LogP contribution in [0.2, 0.25) is 0 Å². The fraction of sp³-hybridized carbons (Fsp3) is 0.231. The van der Waals surface area contributed by atoms with E-state index in [1.54, 1.807) is 6.08 Å². The van der Waals surface area contributed by atoms with Crippen molar-refractivity contribution in [3.63, 3.8) is 0 Å². The van der Waals surface area contributed by atoms with Crippen molar-refractivity contribution >= 4 is 18.1 Å². The van der Waals surface area contributed by atoms with Gasteiger partial charge in [0.1, 0.15) is 0 Å². The van der Waals surface area contributed by atoms with Crippen LogP contribution in [0.4, 0.5) is 4.79 Å². The zero-order valence-corrected chi connectivity index (χ0v) is 9.53. The predicted molar refractivity (Wildman–Crippen MR) is 63.0 cm³/mol. The maximum atomic E-state index is 11.2. The third kappa shape index (κ3) is 2.72. The highest BCUT2D eigenvalue weighted by Gasteiger charge is 2.25. The van der Waals surface area contributed by atoms with Gasteiger partial charge in [-0.05, 0) is 23.6 Å². The van der Waals surface area contributed by atoms with Crippen molar-refractivity contribution in [3.05, 3.63) is 41.2 Å². The molecule has 0 atom stereocenters. The summed E-state index contributed by atoms with van der Waals surface area (Å²) in [5.74, 6) is -0.453. The van der Waals surface area contributed by atoms with E-state index in [1.807, 2.05) is 24.3 Å². The molecular formula is C13H13NO3. The van der Waals surface area contributed by atoms with Crippen LogP contribution in [0.5, 0.6) is 0 Å². The molecule has 0 aromatic heterocycles. The minimum atomic E-state index is -0.719. The second kappa shape index (κ2) is 4.82. The molecule has 1 saturated heterocycles. The second-order valence-corrected chi connectivity index (χ2v) is 3.84. The number of ether oxygens (including phenoxy) is 1. The van der Waals surface area contributed by atoms with E-state index in [2.05, 4.69) is 12.2 Å². The summed E-state index contributed by atoms with van der Waals surface area (Å²) in [4.78, 5) is 22.0. The van der Waals surface area contributed by atoms with E-state index in [0.29, 0.717) is 0 Å². The Kier molecular flexibility index (Phi) is 3.23. The Labute approximate surface area is 99.3 Å². The summed E-state index contributed by atoms with van der Waals surface area (Å²) in [6.07, 6.45) is 2.96. The monoisotopic (exact) mass is 231 g/mol. The zero-order valence-electron chi connectivity index (χ0n) is 9.53. The van der Waals surface area contributed by atoms with E-state index in [9.17, 15) is 9.59 Å². The summed E-state index contributed by atoms with van der Waals surface area (Å²) in [6, 6.07) is 7.81. The normalized spacial score (nSPS) is 17.1. The van der Waals surface area contributed by atoms with Crippen LogP contribution < -0.4 is 5.32 Å². The lowest BCUT2D eigenvalue weighted by molar-refractivity contribution is -0.116. The summed E-state index contributed by atoms with van der Waals surface area (Å²) in [6.45, 7) is 2.12. The molecule has 1 aliphatic rings. The zero-order chi connectivity index (χ0) is 12.3. The first-order chi connectivity index (χ1) is 8.19. The van der Waals surface area contributed by atoms with Crippen molar-refractivity contribution in [2.75, 3.05) is 0 Å². The molecule has 88 valence electrons. The SMILES string of the molecule is CCCc1ccc(C=C2OC(=O)NC2=O)cc1. The number of hydrogen-bond acceptors (Lipinski definition) is 3. The lowest BCUT2D eigenvalue weighted by Crippen LogP contribution is -2.18. The Morgan fingerprint density at radius 2 is 1.94 bits per heavy atom. The Morgan fingerprint density at radius 1 is 1.24 bits per heavy atom. The van der Waals surface area contributed by atoms with Gasteiger partial charge in [0.2, 0.25) is 0 Å². The predicted octanol–water partition coefficient (Wildman–Crippen LogP) is 2.25. The van der Waals surface area contributed by atoms with Crippen LogP contribution in [0, 0.1) is 0 Å². The molecule has 1 heterocycles. The van der Waals surface area contributed by atoms with Gasteiger partial charge in [-0.1, -0.05) is 37.6 Å². The van der Waals surface area contributed by atoms with Gasteiger partial charge in [0, 0.05) is 0 Å². The van der Waals surface area contributed by atoms with E-state index < -0.39 is 12.0 Å². The number of aryl methyl sites for hydroxylation is 1. The van der Waals surface area contributed by atoms with Gasteiger partial charge in [-0.15, -0.1) is 0 Å². The summed E-state index contributed by atoms with van der Waals surface area (Å²) in [5, 5.41) is 2.05. The number of cyclic esters (lactones) is 1. The Morgan fingerprint density at radius 3 is 2.47 bits per heavy atom. The topological polar surface area (TPSA) is 55.4 Å². The van der Waals surface area contributed by atoms with Gasteiger partial charge >= 0.3 is 6.09 Å². The van der Waals surface area contributed by atoms with Crippen molar-refractivity contribution in [2.45, 2.75) is 19.8 Å². The van der Waals surface area contributed by atoms with Crippen molar-refractivity contribution in [2.24, 2.45) is 0 Å². The molecule has 1 N–H and O–H groups in total. The number of nitrogens with one attached hydrogen (secondary N) is 1.